The number of aryl methyl sites for hydroxylation is 2. The van der Waals surface area contributed by atoms with Crippen molar-refractivity contribution in [3.63, 3.8) is 0 Å². The Hall–Kier alpha value is -1.81. The molecule has 4 nitrogen and oxygen atoms in total. The highest BCUT2D eigenvalue weighted by Crippen LogP contribution is 2.21. The average molecular weight is 299 g/mol. The van der Waals surface area contributed by atoms with Crippen LogP contribution in [0, 0.1) is 13.8 Å². The van der Waals surface area contributed by atoms with Gasteiger partial charge in [0.15, 0.2) is 0 Å². The zero-order valence-corrected chi connectivity index (χ0v) is 13.7. The molecule has 1 saturated heterocycles. The lowest BCUT2D eigenvalue weighted by Crippen LogP contribution is -2.40. The summed E-state index contributed by atoms with van der Waals surface area (Å²) in [5, 5.41) is 4.22. The molecule has 0 spiro atoms. The molecule has 1 aromatic heterocycles. The molecule has 0 saturated carbocycles. The second-order valence-electron chi connectivity index (χ2n) is 6.36. The van der Waals surface area contributed by atoms with Crippen LogP contribution in [0.5, 0.6) is 0 Å². The molecule has 1 amide bonds. The predicted octanol–water partition coefficient (Wildman–Crippen LogP) is 3.00. The van der Waals surface area contributed by atoms with Crippen molar-refractivity contribution in [2.45, 2.75) is 39.7 Å². The first-order valence-corrected chi connectivity index (χ1v) is 8.20. The normalized spacial score (nSPS) is 19.0. The molecule has 0 bridgehead atoms. The third kappa shape index (κ3) is 2.88. The van der Waals surface area contributed by atoms with Crippen LogP contribution in [0.4, 0.5) is 0 Å². The summed E-state index contributed by atoms with van der Waals surface area (Å²) in [5.41, 5.74) is 4.12. The lowest BCUT2D eigenvalue weighted by atomic mass is 10.1. The van der Waals surface area contributed by atoms with E-state index in [2.05, 4.69) is 48.1 Å². The minimum atomic E-state index is -0.00351. The van der Waals surface area contributed by atoms with E-state index in [-0.39, 0.29) is 5.91 Å². The van der Waals surface area contributed by atoms with E-state index in [4.69, 9.17) is 0 Å². The van der Waals surface area contributed by atoms with Crippen LogP contribution in [0.25, 0.3) is 10.9 Å². The molecule has 1 fully saturated rings. The van der Waals surface area contributed by atoms with Crippen molar-refractivity contribution < 1.29 is 4.79 Å². The van der Waals surface area contributed by atoms with Crippen molar-refractivity contribution in [1.82, 2.24) is 15.2 Å². The fourth-order valence-corrected chi connectivity index (χ4v) is 3.57. The number of nitrogens with zero attached hydrogens (tertiary/aromatic N) is 1. The second kappa shape index (κ2) is 6.13. The van der Waals surface area contributed by atoms with Crippen LogP contribution in [0.15, 0.2) is 18.2 Å². The third-order valence-corrected chi connectivity index (χ3v) is 4.74. The number of hydrogen-bond donors (Lipinski definition) is 2. The molecular formula is C18H25N3O. The first-order valence-electron chi connectivity index (χ1n) is 8.20. The Labute approximate surface area is 131 Å². The number of rotatable bonds is 4. The van der Waals surface area contributed by atoms with Crippen molar-refractivity contribution in [2.75, 3.05) is 19.6 Å². The predicted molar refractivity (Wildman–Crippen MR) is 90.4 cm³/mol. The van der Waals surface area contributed by atoms with Crippen molar-refractivity contribution in [3.05, 3.63) is 35.0 Å². The minimum Gasteiger partial charge on any atom is -0.351 e. The van der Waals surface area contributed by atoms with Gasteiger partial charge in [-0.1, -0.05) is 13.0 Å². The van der Waals surface area contributed by atoms with Gasteiger partial charge in [0.1, 0.15) is 5.69 Å². The number of aromatic amines is 1. The number of hydrogen-bond acceptors (Lipinski definition) is 2. The van der Waals surface area contributed by atoms with Gasteiger partial charge in [-0.15, -0.1) is 0 Å². The van der Waals surface area contributed by atoms with E-state index >= 15 is 0 Å². The largest absolute Gasteiger partial charge is 0.351 e. The summed E-state index contributed by atoms with van der Waals surface area (Å²) >= 11 is 0. The van der Waals surface area contributed by atoms with Crippen LogP contribution < -0.4 is 5.32 Å². The Balaban J connectivity index is 1.71. The van der Waals surface area contributed by atoms with Gasteiger partial charge in [-0.2, -0.15) is 0 Å². The number of nitrogens with one attached hydrogen (secondary N) is 2. The number of carbonyl (C=O) groups is 1. The molecule has 0 radical (unpaired) electrons. The quantitative estimate of drug-likeness (QED) is 0.912. The first-order chi connectivity index (χ1) is 10.6. The molecule has 0 aliphatic carbocycles. The van der Waals surface area contributed by atoms with Crippen molar-refractivity contribution >= 4 is 16.8 Å². The minimum absolute atomic E-state index is 0.00351. The maximum atomic E-state index is 12.4. The molecule has 3 rings (SSSR count). The van der Waals surface area contributed by atoms with Crippen LogP contribution >= 0.6 is 0 Å². The average Bonchev–Trinajstić information content (AvgIpc) is 3.10. The molecule has 1 aliphatic heterocycles. The Morgan fingerprint density at radius 2 is 2.18 bits per heavy atom. The van der Waals surface area contributed by atoms with E-state index in [1.807, 2.05) is 6.07 Å². The highest BCUT2D eigenvalue weighted by Gasteiger charge is 2.23. The number of aromatic nitrogens is 1. The van der Waals surface area contributed by atoms with Gasteiger partial charge in [0.2, 0.25) is 0 Å². The Kier molecular flexibility index (Phi) is 4.21. The Morgan fingerprint density at radius 3 is 2.95 bits per heavy atom. The number of carbonyl (C=O) groups excluding carboxylic acids is 1. The van der Waals surface area contributed by atoms with Crippen molar-refractivity contribution in [3.8, 4) is 0 Å². The standard InChI is InChI=1S/C18H25N3O/c1-4-21-7-5-6-14(21)11-19-18(22)17-10-15-13(3)8-12(2)9-16(15)20-17/h8-10,14,20H,4-7,11H2,1-3H3,(H,19,22). The maximum absolute atomic E-state index is 12.4. The van der Waals surface area contributed by atoms with Crippen molar-refractivity contribution in [2.24, 2.45) is 0 Å². The molecule has 2 N–H and O–H groups in total. The van der Waals surface area contributed by atoms with Gasteiger partial charge in [-0.25, -0.2) is 0 Å². The molecule has 22 heavy (non-hydrogen) atoms. The van der Waals surface area contributed by atoms with E-state index < -0.39 is 0 Å². The molecule has 1 aromatic carbocycles. The van der Waals surface area contributed by atoms with Gasteiger partial charge in [-0.05, 0) is 63.0 Å². The zero-order chi connectivity index (χ0) is 15.7. The number of fused-ring (bicyclic) bond motifs is 1. The summed E-state index contributed by atoms with van der Waals surface area (Å²) in [4.78, 5) is 18.1. The molecule has 1 aliphatic rings. The summed E-state index contributed by atoms with van der Waals surface area (Å²) in [6, 6.07) is 6.69. The topological polar surface area (TPSA) is 48.1 Å². The first kappa shape index (κ1) is 15.1. The molecule has 4 heteroatoms. The zero-order valence-electron chi connectivity index (χ0n) is 13.7. The van der Waals surface area contributed by atoms with Gasteiger partial charge in [0.25, 0.3) is 5.91 Å². The summed E-state index contributed by atoms with van der Waals surface area (Å²) in [7, 11) is 0. The SMILES string of the molecule is CCN1CCCC1CNC(=O)c1cc2c(C)cc(C)cc2[nH]1. The van der Waals surface area contributed by atoms with Gasteiger partial charge in [0, 0.05) is 23.5 Å². The van der Waals surface area contributed by atoms with Gasteiger partial charge < -0.3 is 10.3 Å². The van der Waals surface area contributed by atoms with Crippen LogP contribution in [-0.4, -0.2) is 41.5 Å². The molecule has 1 unspecified atom stereocenters. The third-order valence-electron chi connectivity index (χ3n) is 4.74. The van der Waals surface area contributed by atoms with E-state index in [1.165, 1.54) is 24.0 Å². The monoisotopic (exact) mass is 299 g/mol. The number of likely N-dealkylation sites (tertiary alicyclic amines) is 1. The lowest BCUT2D eigenvalue weighted by Gasteiger charge is -2.22. The molecule has 2 aromatic rings. The number of benzene rings is 1. The van der Waals surface area contributed by atoms with E-state index in [9.17, 15) is 4.79 Å². The Bertz CT molecular complexity index is 689. The molecule has 2 heterocycles. The van der Waals surface area contributed by atoms with Crippen molar-refractivity contribution in [1.29, 1.82) is 0 Å². The fraction of sp³-hybridized carbons (Fsp3) is 0.500. The van der Waals surface area contributed by atoms with Crippen LogP contribution in [0.1, 0.15) is 41.4 Å². The summed E-state index contributed by atoms with van der Waals surface area (Å²) in [5.74, 6) is -0.00351. The van der Waals surface area contributed by atoms with Gasteiger partial charge >= 0.3 is 0 Å². The van der Waals surface area contributed by atoms with Crippen LogP contribution in [0.2, 0.25) is 0 Å². The highest BCUT2D eigenvalue weighted by molar-refractivity contribution is 5.99. The Morgan fingerprint density at radius 1 is 1.36 bits per heavy atom. The maximum Gasteiger partial charge on any atom is 0.267 e. The number of likely N-dealkylation sites (N-methyl/N-ethyl adjacent to an activating group) is 1. The molecular weight excluding hydrogens is 274 g/mol. The lowest BCUT2D eigenvalue weighted by molar-refractivity contribution is 0.0937. The molecule has 1 atom stereocenters. The van der Waals surface area contributed by atoms with Gasteiger partial charge in [0.05, 0.1) is 0 Å². The summed E-state index contributed by atoms with van der Waals surface area (Å²) < 4.78 is 0. The fourth-order valence-electron chi connectivity index (χ4n) is 3.57. The second-order valence-corrected chi connectivity index (χ2v) is 6.36. The molecule has 118 valence electrons. The van der Waals surface area contributed by atoms with E-state index in [1.54, 1.807) is 0 Å². The smallest absolute Gasteiger partial charge is 0.267 e. The number of H-pyrrole nitrogens is 1. The summed E-state index contributed by atoms with van der Waals surface area (Å²) in [6.45, 7) is 9.30. The highest BCUT2D eigenvalue weighted by atomic mass is 16.1. The van der Waals surface area contributed by atoms with E-state index in [0.29, 0.717) is 11.7 Å². The van der Waals surface area contributed by atoms with E-state index in [0.717, 1.165) is 30.5 Å². The number of amides is 1. The van der Waals surface area contributed by atoms with Crippen LogP contribution in [-0.2, 0) is 0 Å². The van der Waals surface area contributed by atoms with Gasteiger partial charge in [-0.3, -0.25) is 9.69 Å². The van der Waals surface area contributed by atoms with Crippen LogP contribution in [0.3, 0.4) is 0 Å². The summed E-state index contributed by atoms with van der Waals surface area (Å²) in [6.07, 6.45) is 2.42.